The monoisotopic (exact) mass is 395 g/mol. The number of aromatic nitrogens is 1. The third kappa shape index (κ3) is 5.18. The average Bonchev–Trinajstić information content (AvgIpc) is 2.55. The van der Waals surface area contributed by atoms with E-state index in [0.29, 0.717) is 11.3 Å². The van der Waals surface area contributed by atoms with Gasteiger partial charge < -0.3 is 15.7 Å². The van der Waals surface area contributed by atoms with Crippen molar-refractivity contribution < 1.29 is 19.5 Å². The van der Waals surface area contributed by atoms with Crippen molar-refractivity contribution in [1.29, 1.82) is 0 Å². The molecule has 0 bridgehead atoms. The summed E-state index contributed by atoms with van der Waals surface area (Å²) in [6, 6.07) is 5.51. The van der Waals surface area contributed by atoms with E-state index in [1.165, 1.54) is 19.3 Å². The molecule has 9 heteroatoms. The minimum atomic E-state index is -1.13. The molecule has 1 aromatic carbocycles. The highest BCUT2D eigenvalue weighted by Crippen LogP contribution is 2.24. The van der Waals surface area contributed by atoms with Gasteiger partial charge in [0.1, 0.15) is 6.04 Å². The summed E-state index contributed by atoms with van der Waals surface area (Å²) < 4.78 is 0. The molecule has 1 unspecified atom stereocenters. The molecule has 2 amide bonds. The number of rotatable bonds is 6. The van der Waals surface area contributed by atoms with Crippen LogP contribution in [-0.2, 0) is 16.0 Å². The second-order valence-corrected chi connectivity index (χ2v) is 6.24. The van der Waals surface area contributed by atoms with Crippen LogP contribution in [0.25, 0.3) is 0 Å². The normalized spacial score (nSPS) is 11.5. The van der Waals surface area contributed by atoms with Crippen LogP contribution in [0, 0.1) is 0 Å². The van der Waals surface area contributed by atoms with E-state index >= 15 is 0 Å². The molecule has 0 aliphatic rings. The highest BCUT2D eigenvalue weighted by molar-refractivity contribution is 6.40. The molecule has 7 nitrogen and oxygen atoms in total. The van der Waals surface area contributed by atoms with Gasteiger partial charge in [-0.1, -0.05) is 35.3 Å². The Bertz CT molecular complexity index is 820. The van der Waals surface area contributed by atoms with Crippen molar-refractivity contribution in [3.8, 4) is 0 Å². The van der Waals surface area contributed by atoms with E-state index in [4.69, 9.17) is 28.3 Å². The molecule has 1 heterocycles. The lowest BCUT2D eigenvalue weighted by molar-refractivity contribution is -0.141. The maximum absolute atomic E-state index is 12.3. The lowest BCUT2D eigenvalue weighted by Crippen LogP contribution is -2.41. The molecule has 26 heavy (non-hydrogen) atoms. The minimum absolute atomic E-state index is 0.115. The number of amides is 2. The van der Waals surface area contributed by atoms with E-state index in [9.17, 15) is 14.4 Å². The van der Waals surface area contributed by atoms with Gasteiger partial charge in [-0.3, -0.25) is 14.6 Å². The third-order valence-corrected chi connectivity index (χ3v) is 3.98. The third-order valence-electron chi connectivity index (χ3n) is 3.41. The van der Waals surface area contributed by atoms with Crippen LogP contribution >= 0.6 is 23.2 Å². The van der Waals surface area contributed by atoms with Gasteiger partial charge in [0, 0.05) is 31.4 Å². The van der Waals surface area contributed by atoms with Crippen LogP contribution in [0.5, 0.6) is 0 Å². The minimum Gasteiger partial charge on any atom is -0.480 e. The number of halogens is 2. The number of hydrogen-bond donors (Lipinski definition) is 3. The summed E-state index contributed by atoms with van der Waals surface area (Å²) in [4.78, 5) is 38.3. The van der Waals surface area contributed by atoms with Crippen LogP contribution < -0.4 is 10.6 Å². The Hall–Kier alpha value is -2.64. The van der Waals surface area contributed by atoms with Gasteiger partial charge in [0.2, 0.25) is 5.91 Å². The molecule has 1 atom stereocenters. The average molecular weight is 396 g/mol. The summed E-state index contributed by atoms with van der Waals surface area (Å²) in [7, 11) is 0. The van der Waals surface area contributed by atoms with Crippen molar-refractivity contribution >= 4 is 46.7 Å². The number of benzene rings is 1. The van der Waals surface area contributed by atoms with Crippen molar-refractivity contribution in [2.45, 2.75) is 19.4 Å². The van der Waals surface area contributed by atoms with Gasteiger partial charge >= 0.3 is 5.97 Å². The second kappa shape index (κ2) is 8.64. The van der Waals surface area contributed by atoms with Crippen LogP contribution in [-0.4, -0.2) is 33.9 Å². The predicted octanol–water partition coefficient (Wildman–Crippen LogP) is 2.77. The predicted molar refractivity (Wildman–Crippen MR) is 97.6 cm³/mol. The fourth-order valence-electron chi connectivity index (χ4n) is 2.23. The Labute approximate surface area is 159 Å². The molecule has 136 valence electrons. The summed E-state index contributed by atoms with van der Waals surface area (Å²) in [5, 5.41) is 14.4. The molecule has 0 aliphatic carbocycles. The highest BCUT2D eigenvalue weighted by Gasteiger charge is 2.19. The Morgan fingerprint density at radius 3 is 2.19 bits per heavy atom. The van der Waals surface area contributed by atoms with E-state index in [0.717, 1.165) is 0 Å². The zero-order chi connectivity index (χ0) is 19.3. The zero-order valence-corrected chi connectivity index (χ0v) is 15.1. The second-order valence-electron chi connectivity index (χ2n) is 5.42. The van der Waals surface area contributed by atoms with E-state index in [2.05, 4.69) is 15.6 Å². The van der Waals surface area contributed by atoms with E-state index in [1.54, 1.807) is 24.3 Å². The van der Waals surface area contributed by atoms with Gasteiger partial charge in [-0.2, -0.15) is 0 Å². The highest BCUT2D eigenvalue weighted by atomic mass is 35.5. The molecular weight excluding hydrogens is 381 g/mol. The van der Waals surface area contributed by atoms with Gasteiger partial charge in [0.25, 0.3) is 5.91 Å². The number of anilines is 1. The summed E-state index contributed by atoms with van der Waals surface area (Å²) in [5.41, 5.74) is 1.28. The maximum Gasteiger partial charge on any atom is 0.326 e. The molecule has 2 rings (SSSR count). The van der Waals surface area contributed by atoms with Gasteiger partial charge in [-0.15, -0.1) is 0 Å². The number of nitrogens with one attached hydrogen (secondary N) is 2. The fourth-order valence-corrected chi connectivity index (χ4v) is 2.76. The summed E-state index contributed by atoms with van der Waals surface area (Å²) in [5.74, 6) is -2.04. The van der Waals surface area contributed by atoms with Gasteiger partial charge in [-0.25, -0.2) is 4.79 Å². The van der Waals surface area contributed by atoms with Gasteiger partial charge in [-0.05, 0) is 17.7 Å². The van der Waals surface area contributed by atoms with Crippen LogP contribution in [0.15, 0.2) is 36.7 Å². The molecule has 0 saturated heterocycles. The number of nitrogens with zero attached hydrogens (tertiary/aromatic N) is 1. The van der Waals surface area contributed by atoms with Crippen LogP contribution in [0.1, 0.15) is 22.8 Å². The summed E-state index contributed by atoms with van der Waals surface area (Å²) in [6.07, 6.45) is 2.75. The molecule has 0 radical (unpaired) electrons. The number of carbonyl (C=O) groups excluding carboxylic acids is 2. The number of aliphatic carboxylic acids is 1. The van der Waals surface area contributed by atoms with Crippen molar-refractivity contribution in [3.05, 3.63) is 57.8 Å². The van der Waals surface area contributed by atoms with E-state index in [-0.39, 0.29) is 22.0 Å². The first-order valence-electron chi connectivity index (χ1n) is 7.47. The first kappa shape index (κ1) is 19.7. The van der Waals surface area contributed by atoms with Gasteiger partial charge in [0.15, 0.2) is 0 Å². The molecule has 0 saturated carbocycles. The van der Waals surface area contributed by atoms with Crippen molar-refractivity contribution in [2.75, 3.05) is 5.32 Å². The van der Waals surface area contributed by atoms with Crippen LogP contribution in [0.3, 0.4) is 0 Å². The Morgan fingerprint density at radius 2 is 1.69 bits per heavy atom. The van der Waals surface area contributed by atoms with E-state index in [1.807, 2.05) is 0 Å². The maximum atomic E-state index is 12.3. The molecule has 0 fully saturated rings. The van der Waals surface area contributed by atoms with Crippen LogP contribution in [0.2, 0.25) is 10.0 Å². The largest absolute Gasteiger partial charge is 0.480 e. The number of carboxylic acid groups (broad SMARTS) is 1. The van der Waals surface area contributed by atoms with Crippen LogP contribution in [0.4, 0.5) is 5.69 Å². The number of carbonyl (C=O) groups is 3. The first-order chi connectivity index (χ1) is 12.3. The smallest absolute Gasteiger partial charge is 0.326 e. The summed E-state index contributed by atoms with van der Waals surface area (Å²) >= 11 is 11.9. The number of carboxylic acids is 1. The molecule has 0 aliphatic heterocycles. The molecular formula is C17H15Cl2N3O4. The quantitative estimate of drug-likeness (QED) is 0.696. The SMILES string of the molecule is CC(=O)NC(Cc1ccc(NC(=O)c2c(Cl)cncc2Cl)cc1)C(=O)O. The molecule has 1 aromatic heterocycles. The van der Waals surface area contributed by atoms with Crippen molar-refractivity contribution in [1.82, 2.24) is 10.3 Å². The number of pyridine rings is 1. The fraction of sp³-hybridized carbons (Fsp3) is 0.176. The first-order valence-corrected chi connectivity index (χ1v) is 8.22. The van der Waals surface area contributed by atoms with Crippen molar-refractivity contribution in [2.24, 2.45) is 0 Å². The molecule has 0 spiro atoms. The number of hydrogen-bond acceptors (Lipinski definition) is 4. The molecule has 3 N–H and O–H groups in total. The van der Waals surface area contributed by atoms with E-state index < -0.39 is 23.8 Å². The van der Waals surface area contributed by atoms with Crippen molar-refractivity contribution in [3.63, 3.8) is 0 Å². The lowest BCUT2D eigenvalue weighted by Gasteiger charge is -2.14. The standard InChI is InChI=1S/C17H15Cl2N3O4/c1-9(23)21-14(17(25)26)6-10-2-4-11(5-3-10)22-16(24)15-12(18)7-20-8-13(15)19/h2-5,7-8,14H,6H2,1H3,(H,21,23)(H,22,24)(H,25,26). The van der Waals surface area contributed by atoms with Gasteiger partial charge in [0.05, 0.1) is 15.6 Å². The Kier molecular flexibility index (Phi) is 6.54. The summed E-state index contributed by atoms with van der Waals surface area (Å²) in [6.45, 7) is 1.25. The molecule has 2 aromatic rings. The Morgan fingerprint density at radius 1 is 1.12 bits per heavy atom. The Balaban J connectivity index is 2.08. The topological polar surface area (TPSA) is 108 Å². The zero-order valence-electron chi connectivity index (χ0n) is 13.6. The lowest BCUT2D eigenvalue weighted by atomic mass is 10.1.